The van der Waals surface area contributed by atoms with Crippen LogP contribution in [0.1, 0.15) is 44.1 Å². The summed E-state index contributed by atoms with van der Waals surface area (Å²) in [5.41, 5.74) is 2.14. The Hall–Kier alpha value is -1.32. The van der Waals surface area contributed by atoms with E-state index in [1.807, 2.05) is 25.1 Å². The maximum absolute atomic E-state index is 9.55. The molecule has 3 nitrogen and oxygen atoms in total. The van der Waals surface area contributed by atoms with Gasteiger partial charge in [-0.05, 0) is 44.9 Å². The van der Waals surface area contributed by atoms with Crippen molar-refractivity contribution in [3.05, 3.63) is 35.6 Å². The van der Waals surface area contributed by atoms with Crippen LogP contribution in [0.3, 0.4) is 0 Å². The van der Waals surface area contributed by atoms with Gasteiger partial charge in [-0.2, -0.15) is 0 Å². The summed E-state index contributed by atoms with van der Waals surface area (Å²) >= 11 is 0. The molecule has 0 aliphatic rings. The van der Waals surface area contributed by atoms with E-state index in [1.54, 1.807) is 0 Å². The molecule has 0 saturated heterocycles. The number of para-hydroxylation sites is 1. The highest BCUT2D eigenvalue weighted by molar-refractivity contribution is 5.82. The molecule has 2 rings (SSSR count). The largest absolute Gasteiger partial charge is 0.459 e. The number of fused-ring (bicyclic) bond motifs is 1. The van der Waals surface area contributed by atoms with Gasteiger partial charge >= 0.3 is 0 Å². The zero-order chi connectivity index (χ0) is 13.8. The number of aliphatic hydroxyl groups excluding tert-OH is 1. The molecule has 2 N–H and O–H groups in total. The average Bonchev–Trinajstić information content (AvgIpc) is 2.76. The standard InChI is InChI=1S/C16H23NO2/c1-4-13(18)9-10-17-12(3)16-11(2)14-7-5-6-8-15(14)19-16/h5-8,12-13,17-18H,4,9-10H2,1-3H3. The van der Waals surface area contributed by atoms with Crippen molar-refractivity contribution in [1.82, 2.24) is 5.32 Å². The zero-order valence-corrected chi connectivity index (χ0v) is 11.9. The lowest BCUT2D eigenvalue weighted by molar-refractivity contribution is 0.158. The van der Waals surface area contributed by atoms with E-state index in [0.717, 1.165) is 30.7 Å². The van der Waals surface area contributed by atoms with Crippen LogP contribution in [0.2, 0.25) is 0 Å². The first-order valence-electron chi connectivity index (χ1n) is 7.03. The van der Waals surface area contributed by atoms with Gasteiger partial charge in [-0.25, -0.2) is 0 Å². The fourth-order valence-corrected chi connectivity index (χ4v) is 2.37. The van der Waals surface area contributed by atoms with Crippen LogP contribution in [0.5, 0.6) is 0 Å². The summed E-state index contributed by atoms with van der Waals surface area (Å²) in [6.45, 7) is 6.99. The van der Waals surface area contributed by atoms with Crippen LogP contribution in [0.15, 0.2) is 28.7 Å². The molecule has 2 unspecified atom stereocenters. The Morgan fingerprint density at radius 2 is 2.05 bits per heavy atom. The summed E-state index contributed by atoms with van der Waals surface area (Å²) in [5, 5.41) is 14.1. The van der Waals surface area contributed by atoms with Crippen LogP contribution in [-0.4, -0.2) is 17.8 Å². The molecule has 1 aromatic heterocycles. The number of aryl methyl sites for hydroxylation is 1. The third kappa shape index (κ3) is 3.17. The normalized spacial score (nSPS) is 14.7. The number of hydrogen-bond donors (Lipinski definition) is 2. The Bertz CT molecular complexity index is 533. The van der Waals surface area contributed by atoms with E-state index in [1.165, 1.54) is 10.9 Å². The zero-order valence-electron chi connectivity index (χ0n) is 11.9. The minimum absolute atomic E-state index is 0.163. The Morgan fingerprint density at radius 3 is 2.74 bits per heavy atom. The van der Waals surface area contributed by atoms with Gasteiger partial charge in [0.25, 0.3) is 0 Å². The number of rotatable bonds is 6. The number of furan rings is 1. The van der Waals surface area contributed by atoms with Crippen molar-refractivity contribution in [3.8, 4) is 0 Å². The highest BCUT2D eigenvalue weighted by Gasteiger charge is 2.15. The second kappa shape index (κ2) is 6.22. The second-order valence-electron chi connectivity index (χ2n) is 5.11. The van der Waals surface area contributed by atoms with Crippen LogP contribution in [0.25, 0.3) is 11.0 Å². The van der Waals surface area contributed by atoms with Crippen molar-refractivity contribution in [2.24, 2.45) is 0 Å². The lowest BCUT2D eigenvalue weighted by atomic mass is 10.1. The van der Waals surface area contributed by atoms with E-state index in [4.69, 9.17) is 4.42 Å². The van der Waals surface area contributed by atoms with Gasteiger partial charge in [0, 0.05) is 5.39 Å². The van der Waals surface area contributed by atoms with E-state index in [2.05, 4.69) is 25.2 Å². The first-order valence-corrected chi connectivity index (χ1v) is 7.03. The molecule has 19 heavy (non-hydrogen) atoms. The molecule has 2 atom stereocenters. The summed E-state index contributed by atoms with van der Waals surface area (Å²) in [7, 11) is 0. The summed E-state index contributed by atoms with van der Waals surface area (Å²) in [6.07, 6.45) is 1.37. The van der Waals surface area contributed by atoms with Gasteiger partial charge in [0.05, 0.1) is 12.1 Å². The number of nitrogens with one attached hydrogen (secondary N) is 1. The molecule has 0 saturated carbocycles. The van der Waals surface area contributed by atoms with E-state index in [-0.39, 0.29) is 12.1 Å². The summed E-state index contributed by atoms with van der Waals surface area (Å²) in [4.78, 5) is 0. The molecule has 3 heteroatoms. The Labute approximate surface area is 114 Å². The molecule has 0 aliphatic carbocycles. The van der Waals surface area contributed by atoms with Gasteiger partial charge in [-0.3, -0.25) is 0 Å². The third-order valence-corrected chi connectivity index (χ3v) is 3.67. The topological polar surface area (TPSA) is 45.4 Å². The van der Waals surface area contributed by atoms with E-state index < -0.39 is 0 Å². The van der Waals surface area contributed by atoms with E-state index >= 15 is 0 Å². The van der Waals surface area contributed by atoms with Crippen molar-refractivity contribution in [3.63, 3.8) is 0 Å². The molecule has 2 aromatic rings. The summed E-state index contributed by atoms with van der Waals surface area (Å²) in [5.74, 6) is 0.993. The van der Waals surface area contributed by atoms with E-state index in [9.17, 15) is 5.11 Å². The smallest absolute Gasteiger partial charge is 0.134 e. The number of hydrogen-bond acceptors (Lipinski definition) is 3. The molecule has 1 heterocycles. The number of benzene rings is 1. The summed E-state index contributed by atoms with van der Waals surface area (Å²) in [6, 6.07) is 8.27. The quantitative estimate of drug-likeness (QED) is 0.836. The van der Waals surface area contributed by atoms with E-state index in [0.29, 0.717) is 0 Å². The van der Waals surface area contributed by atoms with Crippen LogP contribution in [0, 0.1) is 6.92 Å². The lowest BCUT2D eigenvalue weighted by Crippen LogP contribution is -2.23. The Kier molecular flexibility index (Phi) is 4.61. The van der Waals surface area contributed by atoms with Crippen molar-refractivity contribution >= 4 is 11.0 Å². The van der Waals surface area contributed by atoms with Gasteiger partial charge < -0.3 is 14.8 Å². The fraction of sp³-hybridized carbons (Fsp3) is 0.500. The molecular formula is C16H23NO2. The second-order valence-corrected chi connectivity index (χ2v) is 5.11. The minimum atomic E-state index is -0.212. The SMILES string of the molecule is CCC(O)CCNC(C)c1oc2ccccc2c1C. The van der Waals surface area contributed by atoms with Crippen LogP contribution in [0.4, 0.5) is 0 Å². The monoisotopic (exact) mass is 261 g/mol. The van der Waals surface area contributed by atoms with Gasteiger partial charge in [0.2, 0.25) is 0 Å². The fourth-order valence-electron chi connectivity index (χ4n) is 2.37. The molecule has 0 amide bonds. The first-order chi connectivity index (χ1) is 9.13. The molecule has 0 fully saturated rings. The predicted molar refractivity (Wildman–Crippen MR) is 78.3 cm³/mol. The number of aliphatic hydroxyl groups is 1. The molecule has 104 valence electrons. The van der Waals surface area contributed by atoms with Crippen LogP contribution < -0.4 is 5.32 Å². The van der Waals surface area contributed by atoms with Crippen molar-refractivity contribution in [2.45, 2.75) is 45.8 Å². The molecule has 0 spiro atoms. The molecule has 0 radical (unpaired) electrons. The highest BCUT2D eigenvalue weighted by atomic mass is 16.3. The van der Waals surface area contributed by atoms with Crippen LogP contribution >= 0.6 is 0 Å². The molecule has 0 bridgehead atoms. The molecular weight excluding hydrogens is 238 g/mol. The predicted octanol–water partition coefficient (Wildman–Crippen LogP) is 3.55. The Balaban J connectivity index is 2.05. The van der Waals surface area contributed by atoms with Gasteiger partial charge in [-0.15, -0.1) is 0 Å². The Morgan fingerprint density at radius 1 is 1.32 bits per heavy atom. The summed E-state index contributed by atoms with van der Waals surface area (Å²) < 4.78 is 5.92. The lowest BCUT2D eigenvalue weighted by Gasteiger charge is -2.14. The first kappa shape index (κ1) is 14.1. The third-order valence-electron chi connectivity index (χ3n) is 3.67. The van der Waals surface area contributed by atoms with Crippen LogP contribution in [-0.2, 0) is 0 Å². The average molecular weight is 261 g/mol. The maximum atomic E-state index is 9.55. The maximum Gasteiger partial charge on any atom is 0.134 e. The highest BCUT2D eigenvalue weighted by Crippen LogP contribution is 2.29. The van der Waals surface area contributed by atoms with Gasteiger partial charge in [0.15, 0.2) is 0 Å². The minimum Gasteiger partial charge on any atom is -0.459 e. The molecule has 1 aromatic carbocycles. The molecule has 0 aliphatic heterocycles. The van der Waals surface area contributed by atoms with Gasteiger partial charge in [0.1, 0.15) is 11.3 Å². The van der Waals surface area contributed by atoms with Crippen molar-refractivity contribution < 1.29 is 9.52 Å². The van der Waals surface area contributed by atoms with Crippen molar-refractivity contribution in [1.29, 1.82) is 0 Å². The van der Waals surface area contributed by atoms with Gasteiger partial charge in [-0.1, -0.05) is 25.1 Å². The van der Waals surface area contributed by atoms with Crippen molar-refractivity contribution in [2.75, 3.05) is 6.54 Å².